The number of benzene rings is 3. The number of nitrogens with one attached hydrogen (secondary N) is 2. The van der Waals surface area contributed by atoms with E-state index in [2.05, 4.69) is 10.6 Å². The molecule has 3 aromatic carbocycles. The number of carbonyl (C=O) groups is 3. The van der Waals surface area contributed by atoms with Crippen LogP contribution in [-0.4, -0.2) is 50.7 Å². The van der Waals surface area contributed by atoms with Gasteiger partial charge < -0.3 is 30.5 Å². The number of nitrogens with zero attached hydrogens (tertiary/aromatic N) is 1. The maximum atomic E-state index is 14.5. The molecule has 0 bridgehead atoms. The molecule has 3 amide bonds. The van der Waals surface area contributed by atoms with Crippen molar-refractivity contribution in [3.05, 3.63) is 95.6 Å². The van der Waals surface area contributed by atoms with Crippen molar-refractivity contribution in [1.82, 2.24) is 15.5 Å². The Labute approximate surface area is 246 Å². The highest BCUT2D eigenvalue weighted by atomic mass is 16.6. The molecule has 0 aliphatic heterocycles. The Hall–Kier alpha value is -4.53. The van der Waals surface area contributed by atoms with Gasteiger partial charge in [0.1, 0.15) is 29.2 Å². The average Bonchev–Trinajstić information content (AvgIpc) is 3.66. The average molecular weight is 574 g/mol. The molecular weight excluding hydrogens is 534 g/mol. The van der Waals surface area contributed by atoms with Gasteiger partial charge in [0, 0.05) is 24.6 Å². The maximum Gasteiger partial charge on any atom is 0.408 e. The quantitative estimate of drug-likeness (QED) is 0.275. The molecule has 1 saturated carbocycles. The molecule has 3 aromatic rings. The van der Waals surface area contributed by atoms with Crippen LogP contribution in [0, 0.1) is 5.92 Å². The van der Waals surface area contributed by atoms with Gasteiger partial charge in [-0.05, 0) is 62.4 Å². The summed E-state index contributed by atoms with van der Waals surface area (Å²) in [5.41, 5.74) is 1.07. The summed E-state index contributed by atoms with van der Waals surface area (Å²) in [4.78, 5) is 42.8. The maximum absolute atomic E-state index is 14.5. The highest BCUT2D eigenvalue weighted by Crippen LogP contribution is 2.42. The molecule has 4 atom stereocenters. The van der Waals surface area contributed by atoms with Crippen LogP contribution >= 0.6 is 0 Å². The molecule has 1 aliphatic carbocycles. The van der Waals surface area contributed by atoms with Crippen molar-refractivity contribution >= 4 is 17.9 Å². The lowest BCUT2D eigenvalue weighted by Crippen LogP contribution is -2.54. The highest BCUT2D eigenvalue weighted by Gasteiger charge is 2.48. The Balaban J connectivity index is 1.71. The van der Waals surface area contributed by atoms with Gasteiger partial charge in [0.25, 0.3) is 0 Å². The van der Waals surface area contributed by atoms with Crippen LogP contribution in [0.3, 0.4) is 0 Å². The highest BCUT2D eigenvalue weighted by molar-refractivity contribution is 5.93. The first-order chi connectivity index (χ1) is 19.9. The zero-order chi connectivity index (χ0) is 30.4. The summed E-state index contributed by atoms with van der Waals surface area (Å²) in [6.45, 7) is 7.41. The number of hydrogen-bond donors (Lipinski definition) is 4. The molecule has 1 fully saturated rings. The summed E-state index contributed by atoms with van der Waals surface area (Å²) in [6.07, 6.45) is -0.00836. The van der Waals surface area contributed by atoms with E-state index >= 15 is 0 Å². The third-order valence-corrected chi connectivity index (χ3v) is 7.11. The molecule has 9 heteroatoms. The number of alkyl carbamates (subject to hydrolysis) is 1. The topological polar surface area (TPSA) is 128 Å². The Bertz CT molecular complexity index is 1390. The van der Waals surface area contributed by atoms with E-state index < -0.39 is 35.6 Å². The number of aromatic hydroxyl groups is 2. The van der Waals surface area contributed by atoms with E-state index in [1.165, 1.54) is 23.1 Å². The standard InChI is InChI=1S/C33H39N3O6/c1-21-18-27(21)36(29(25-12-8-9-13-28(25)38)30(39)34-20-23-10-6-5-7-11-23)31(40)26(35-32(41)42-33(2,3)4)19-22-14-16-24(37)17-15-22/h5-17,21,26-27,29,37-38H,18-20H2,1-4H3,(H,34,39)(H,35,41). The lowest BCUT2D eigenvalue weighted by atomic mass is 9.99. The Morgan fingerprint density at radius 2 is 1.55 bits per heavy atom. The molecule has 4 N–H and O–H groups in total. The number of phenols is 2. The minimum atomic E-state index is -1.15. The normalized spacial score (nSPS) is 17.4. The van der Waals surface area contributed by atoms with E-state index in [4.69, 9.17) is 4.74 Å². The summed E-state index contributed by atoms with van der Waals surface area (Å²) in [5.74, 6) is -0.858. The summed E-state index contributed by atoms with van der Waals surface area (Å²) in [5, 5.41) is 26.3. The van der Waals surface area contributed by atoms with E-state index in [1.807, 2.05) is 37.3 Å². The third kappa shape index (κ3) is 8.02. The van der Waals surface area contributed by atoms with Gasteiger partial charge >= 0.3 is 6.09 Å². The van der Waals surface area contributed by atoms with Crippen LogP contribution in [0.1, 0.15) is 56.8 Å². The minimum absolute atomic E-state index is 0.0739. The molecule has 1 aliphatic rings. The molecule has 4 rings (SSSR count). The molecule has 0 aromatic heterocycles. The van der Waals surface area contributed by atoms with Crippen LogP contribution in [0.5, 0.6) is 11.5 Å². The van der Waals surface area contributed by atoms with Gasteiger partial charge in [0.15, 0.2) is 0 Å². The van der Waals surface area contributed by atoms with E-state index in [0.717, 1.165) is 5.56 Å². The number of para-hydroxylation sites is 1. The first-order valence-corrected chi connectivity index (χ1v) is 14.1. The summed E-state index contributed by atoms with van der Waals surface area (Å²) >= 11 is 0. The van der Waals surface area contributed by atoms with Crippen molar-refractivity contribution in [3.8, 4) is 11.5 Å². The Kier molecular flexibility index (Phi) is 9.40. The second-order valence-corrected chi connectivity index (χ2v) is 11.8. The van der Waals surface area contributed by atoms with Crippen LogP contribution in [-0.2, 0) is 27.3 Å². The summed E-state index contributed by atoms with van der Waals surface area (Å²) in [6, 6.07) is 19.7. The van der Waals surface area contributed by atoms with Gasteiger partial charge in [-0.2, -0.15) is 0 Å². The molecule has 4 unspecified atom stereocenters. The molecule has 0 spiro atoms. The van der Waals surface area contributed by atoms with Crippen molar-refractivity contribution in [2.45, 2.75) is 70.8 Å². The SMILES string of the molecule is CC1CC1N(C(=O)C(Cc1ccc(O)cc1)NC(=O)OC(C)(C)C)C(C(=O)NCc1ccccc1)c1ccccc1O. The zero-order valence-electron chi connectivity index (χ0n) is 24.4. The molecule has 9 nitrogen and oxygen atoms in total. The van der Waals surface area contributed by atoms with Gasteiger partial charge in [0.2, 0.25) is 11.8 Å². The number of phenolic OH excluding ortho intramolecular Hbond substituents is 2. The number of rotatable bonds is 10. The number of amides is 3. The van der Waals surface area contributed by atoms with Gasteiger partial charge in [-0.1, -0.05) is 67.6 Å². The van der Waals surface area contributed by atoms with E-state index in [1.54, 1.807) is 51.1 Å². The first kappa shape index (κ1) is 30.4. The largest absolute Gasteiger partial charge is 0.508 e. The van der Waals surface area contributed by atoms with Gasteiger partial charge in [-0.15, -0.1) is 0 Å². The first-order valence-electron chi connectivity index (χ1n) is 14.1. The predicted octanol–water partition coefficient (Wildman–Crippen LogP) is 4.83. The fourth-order valence-corrected chi connectivity index (χ4v) is 4.89. The van der Waals surface area contributed by atoms with Gasteiger partial charge in [-0.25, -0.2) is 4.79 Å². The summed E-state index contributed by atoms with van der Waals surface area (Å²) < 4.78 is 5.47. The number of hydrogen-bond acceptors (Lipinski definition) is 6. The lowest BCUT2D eigenvalue weighted by Gasteiger charge is -2.35. The fourth-order valence-electron chi connectivity index (χ4n) is 4.89. The van der Waals surface area contributed by atoms with E-state index in [9.17, 15) is 24.6 Å². The van der Waals surface area contributed by atoms with Crippen molar-refractivity contribution in [1.29, 1.82) is 0 Å². The molecule has 0 heterocycles. The van der Waals surface area contributed by atoms with Crippen molar-refractivity contribution < 1.29 is 29.3 Å². The minimum Gasteiger partial charge on any atom is -0.508 e. The van der Waals surface area contributed by atoms with Gasteiger partial charge in [0.05, 0.1) is 0 Å². The van der Waals surface area contributed by atoms with Crippen LogP contribution < -0.4 is 10.6 Å². The zero-order valence-corrected chi connectivity index (χ0v) is 24.4. The Morgan fingerprint density at radius 1 is 0.929 bits per heavy atom. The van der Waals surface area contributed by atoms with Crippen LogP contribution in [0.15, 0.2) is 78.9 Å². The van der Waals surface area contributed by atoms with Crippen molar-refractivity contribution in [3.63, 3.8) is 0 Å². The fraction of sp³-hybridized carbons (Fsp3) is 0.364. The molecular formula is C33H39N3O6. The van der Waals surface area contributed by atoms with Crippen molar-refractivity contribution in [2.75, 3.05) is 0 Å². The molecule has 42 heavy (non-hydrogen) atoms. The van der Waals surface area contributed by atoms with E-state index in [-0.39, 0.29) is 42.0 Å². The lowest BCUT2D eigenvalue weighted by molar-refractivity contribution is -0.143. The van der Waals surface area contributed by atoms with E-state index in [0.29, 0.717) is 12.0 Å². The second-order valence-electron chi connectivity index (χ2n) is 11.8. The Morgan fingerprint density at radius 3 is 2.14 bits per heavy atom. The molecule has 0 saturated heterocycles. The number of carbonyl (C=O) groups excluding carboxylic acids is 3. The van der Waals surface area contributed by atoms with Crippen LogP contribution in [0.2, 0.25) is 0 Å². The molecule has 222 valence electrons. The van der Waals surface area contributed by atoms with Gasteiger partial charge in [-0.3, -0.25) is 9.59 Å². The van der Waals surface area contributed by atoms with Crippen LogP contribution in [0.25, 0.3) is 0 Å². The summed E-state index contributed by atoms with van der Waals surface area (Å²) in [7, 11) is 0. The van der Waals surface area contributed by atoms with Crippen LogP contribution in [0.4, 0.5) is 4.79 Å². The smallest absolute Gasteiger partial charge is 0.408 e. The van der Waals surface area contributed by atoms with Crippen molar-refractivity contribution in [2.24, 2.45) is 5.92 Å². The predicted molar refractivity (Wildman–Crippen MR) is 159 cm³/mol. The monoisotopic (exact) mass is 573 g/mol. The second kappa shape index (κ2) is 13.0. The third-order valence-electron chi connectivity index (χ3n) is 7.11. The number of ether oxygens (including phenoxy) is 1. The molecule has 0 radical (unpaired) electrons.